The molecule has 16 heavy (non-hydrogen) atoms. The molecule has 1 heterocycles. The quantitative estimate of drug-likeness (QED) is 0.760. The van der Waals surface area contributed by atoms with Crippen LogP contribution in [0.5, 0.6) is 0 Å². The molecule has 0 bridgehead atoms. The van der Waals surface area contributed by atoms with E-state index in [1.54, 1.807) is 17.1 Å². The van der Waals surface area contributed by atoms with Crippen molar-refractivity contribution in [3.63, 3.8) is 0 Å². The third-order valence-electron chi connectivity index (χ3n) is 2.19. The summed E-state index contributed by atoms with van der Waals surface area (Å²) in [5.41, 5.74) is 6.03. The molecule has 0 spiro atoms. The van der Waals surface area contributed by atoms with E-state index in [1.807, 2.05) is 13.8 Å². The van der Waals surface area contributed by atoms with E-state index in [0.29, 0.717) is 5.69 Å². The summed E-state index contributed by atoms with van der Waals surface area (Å²) in [6.45, 7) is 4.17. The van der Waals surface area contributed by atoms with Gasteiger partial charge in [-0.1, -0.05) is 0 Å². The molecule has 0 aliphatic heterocycles. The first-order chi connectivity index (χ1) is 7.58. The van der Waals surface area contributed by atoms with Crippen LogP contribution >= 0.6 is 0 Å². The van der Waals surface area contributed by atoms with Crippen molar-refractivity contribution < 1.29 is 9.53 Å². The minimum atomic E-state index is -0.623. The lowest BCUT2D eigenvalue weighted by atomic mass is 10.3. The maximum absolute atomic E-state index is 11.6. The maximum atomic E-state index is 11.6. The zero-order valence-electron chi connectivity index (χ0n) is 9.80. The van der Waals surface area contributed by atoms with Gasteiger partial charge in [0.25, 0.3) is 5.91 Å². The summed E-state index contributed by atoms with van der Waals surface area (Å²) in [7, 11) is 1.45. The van der Waals surface area contributed by atoms with E-state index in [9.17, 15) is 4.79 Å². The van der Waals surface area contributed by atoms with Gasteiger partial charge in [-0.05, 0) is 13.8 Å². The standard InChI is InChI=1S/C10H18N4O2/c1-7(2)14-6-8(5-12-14)13-10(15)9(4-11)16-3/h5-7,9H,4,11H2,1-3H3,(H,13,15). The van der Waals surface area contributed by atoms with E-state index in [4.69, 9.17) is 10.5 Å². The highest BCUT2D eigenvalue weighted by Crippen LogP contribution is 2.10. The zero-order valence-corrected chi connectivity index (χ0v) is 9.80. The predicted octanol–water partition coefficient (Wildman–Crippen LogP) is 0.376. The number of hydrogen-bond donors (Lipinski definition) is 2. The molecule has 1 unspecified atom stereocenters. The van der Waals surface area contributed by atoms with Gasteiger partial charge < -0.3 is 15.8 Å². The van der Waals surface area contributed by atoms with Crippen LogP contribution in [-0.2, 0) is 9.53 Å². The van der Waals surface area contributed by atoms with Crippen LogP contribution in [0.4, 0.5) is 5.69 Å². The second-order valence-electron chi connectivity index (χ2n) is 3.75. The van der Waals surface area contributed by atoms with Crippen molar-refractivity contribution in [2.24, 2.45) is 5.73 Å². The first kappa shape index (κ1) is 12.7. The molecule has 3 N–H and O–H groups in total. The minimum absolute atomic E-state index is 0.153. The van der Waals surface area contributed by atoms with E-state index in [0.717, 1.165) is 0 Å². The number of carbonyl (C=O) groups excluding carboxylic acids is 1. The molecule has 1 aromatic rings. The van der Waals surface area contributed by atoms with Gasteiger partial charge in [-0.15, -0.1) is 0 Å². The Morgan fingerprint density at radius 3 is 2.81 bits per heavy atom. The molecule has 0 fully saturated rings. The van der Waals surface area contributed by atoms with Crippen LogP contribution in [0, 0.1) is 0 Å². The molecule has 1 rings (SSSR count). The second kappa shape index (κ2) is 5.62. The summed E-state index contributed by atoms with van der Waals surface area (Å²) in [4.78, 5) is 11.6. The van der Waals surface area contributed by atoms with Crippen molar-refractivity contribution in [2.45, 2.75) is 26.0 Å². The zero-order chi connectivity index (χ0) is 12.1. The first-order valence-electron chi connectivity index (χ1n) is 5.16. The van der Waals surface area contributed by atoms with Gasteiger partial charge in [0.2, 0.25) is 0 Å². The number of methoxy groups -OCH3 is 1. The van der Waals surface area contributed by atoms with Gasteiger partial charge in [0.15, 0.2) is 0 Å². The van der Waals surface area contributed by atoms with Crippen LogP contribution in [0.1, 0.15) is 19.9 Å². The van der Waals surface area contributed by atoms with Crippen molar-refractivity contribution in [1.82, 2.24) is 9.78 Å². The lowest BCUT2D eigenvalue weighted by molar-refractivity contribution is -0.125. The molecule has 6 heteroatoms. The lowest BCUT2D eigenvalue weighted by Crippen LogP contribution is -2.35. The third-order valence-corrected chi connectivity index (χ3v) is 2.19. The highest BCUT2D eigenvalue weighted by Gasteiger charge is 2.16. The Labute approximate surface area is 94.8 Å². The minimum Gasteiger partial charge on any atom is -0.370 e. The molecule has 1 aromatic heterocycles. The van der Waals surface area contributed by atoms with E-state index in [1.165, 1.54) is 7.11 Å². The molecule has 0 radical (unpaired) electrons. The summed E-state index contributed by atoms with van der Waals surface area (Å²) in [5, 5.41) is 6.80. The van der Waals surface area contributed by atoms with Gasteiger partial charge in [-0.25, -0.2) is 0 Å². The number of nitrogens with two attached hydrogens (primary N) is 1. The summed E-state index contributed by atoms with van der Waals surface area (Å²) >= 11 is 0. The number of nitrogens with one attached hydrogen (secondary N) is 1. The molecular weight excluding hydrogens is 208 g/mol. The first-order valence-corrected chi connectivity index (χ1v) is 5.16. The van der Waals surface area contributed by atoms with Crippen molar-refractivity contribution in [3.05, 3.63) is 12.4 Å². The molecular formula is C10H18N4O2. The Hall–Kier alpha value is -1.40. The number of hydrogen-bond acceptors (Lipinski definition) is 4. The number of anilines is 1. The summed E-state index contributed by atoms with van der Waals surface area (Å²) in [6.07, 6.45) is 2.75. The summed E-state index contributed by atoms with van der Waals surface area (Å²) in [5.74, 6) is -0.256. The Balaban J connectivity index is 2.62. The van der Waals surface area contributed by atoms with E-state index >= 15 is 0 Å². The van der Waals surface area contributed by atoms with Crippen molar-refractivity contribution in [2.75, 3.05) is 19.0 Å². The fourth-order valence-electron chi connectivity index (χ4n) is 1.22. The number of nitrogens with zero attached hydrogens (tertiary/aromatic N) is 2. The molecule has 0 aliphatic carbocycles. The topological polar surface area (TPSA) is 82.2 Å². The maximum Gasteiger partial charge on any atom is 0.254 e. The van der Waals surface area contributed by atoms with Gasteiger partial charge in [0.05, 0.1) is 11.9 Å². The van der Waals surface area contributed by atoms with Crippen molar-refractivity contribution in [1.29, 1.82) is 0 Å². The van der Waals surface area contributed by atoms with Gasteiger partial charge >= 0.3 is 0 Å². The predicted molar refractivity (Wildman–Crippen MR) is 61.1 cm³/mol. The molecule has 0 aromatic carbocycles. The van der Waals surface area contributed by atoms with E-state index in [2.05, 4.69) is 10.4 Å². The lowest BCUT2D eigenvalue weighted by Gasteiger charge is -2.11. The highest BCUT2D eigenvalue weighted by atomic mass is 16.5. The smallest absolute Gasteiger partial charge is 0.254 e. The molecule has 0 aliphatic rings. The monoisotopic (exact) mass is 226 g/mol. The largest absolute Gasteiger partial charge is 0.370 e. The molecule has 1 atom stereocenters. The van der Waals surface area contributed by atoms with Crippen LogP contribution in [0.3, 0.4) is 0 Å². The van der Waals surface area contributed by atoms with E-state index in [-0.39, 0.29) is 18.5 Å². The van der Waals surface area contributed by atoms with Gasteiger partial charge in [-0.3, -0.25) is 9.48 Å². The normalized spacial score (nSPS) is 12.8. The van der Waals surface area contributed by atoms with Gasteiger partial charge in [-0.2, -0.15) is 5.10 Å². The summed E-state index contributed by atoms with van der Waals surface area (Å²) < 4.78 is 6.69. The van der Waals surface area contributed by atoms with Gasteiger partial charge in [0, 0.05) is 25.9 Å². The average molecular weight is 226 g/mol. The fraction of sp³-hybridized carbons (Fsp3) is 0.600. The van der Waals surface area contributed by atoms with Crippen LogP contribution in [-0.4, -0.2) is 35.4 Å². The Morgan fingerprint density at radius 1 is 1.69 bits per heavy atom. The molecule has 0 saturated heterocycles. The van der Waals surface area contributed by atoms with E-state index < -0.39 is 6.10 Å². The number of rotatable bonds is 5. The number of ether oxygens (including phenoxy) is 1. The van der Waals surface area contributed by atoms with Gasteiger partial charge in [0.1, 0.15) is 6.10 Å². The molecule has 6 nitrogen and oxygen atoms in total. The fourth-order valence-corrected chi connectivity index (χ4v) is 1.22. The second-order valence-corrected chi connectivity index (χ2v) is 3.75. The van der Waals surface area contributed by atoms with Crippen LogP contribution in [0.25, 0.3) is 0 Å². The SMILES string of the molecule is COC(CN)C(=O)Nc1cnn(C(C)C)c1. The highest BCUT2D eigenvalue weighted by molar-refractivity contribution is 5.94. The number of aromatic nitrogens is 2. The Bertz CT molecular complexity index is 344. The molecule has 1 amide bonds. The Kier molecular flexibility index (Phi) is 4.45. The van der Waals surface area contributed by atoms with Crippen LogP contribution < -0.4 is 11.1 Å². The summed E-state index contributed by atoms with van der Waals surface area (Å²) in [6, 6.07) is 0.262. The van der Waals surface area contributed by atoms with Crippen LogP contribution in [0.2, 0.25) is 0 Å². The average Bonchev–Trinajstić information content (AvgIpc) is 2.68. The van der Waals surface area contributed by atoms with Crippen LogP contribution in [0.15, 0.2) is 12.4 Å². The molecule has 90 valence electrons. The number of carbonyl (C=O) groups is 1. The molecule has 0 saturated carbocycles. The third kappa shape index (κ3) is 3.04. The number of amides is 1. The van der Waals surface area contributed by atoms with Crippen molar-refractivity contribution in [3.8, 4) is 0 Å². The Morgan fingerprint density at radius 2 is 2.38 bits per heavy atom. The van der Waals surface area contributed by atoms with Crippen molar-refractivity contribution >= 4 is 11.6 Å².